The molecule has 0 amide bonds. The summed E-state index contributed by atoms with van der Waals surface area (Å²) >= 11 is 5.85. The zero-order chi connectivity index (χ0) is 15.6. The molecule has 1 aromatic carbocycles. The fourth-order valence-corrected chi connectivity index (χ4v) is 3.41. The number of rotatable bonds is 3. The molecule has 0 spiro atoms. The van der Waals surface area contributed by atoms with E-state index in [2.05, 4.69) is 4.74 Å². The highest BCUT2D eigenvalue weighted by molar-refractivity contribution is 7.90. The van der Waals surface area contributed by atoms with Gasteiger partial charge in [-0.1, -0.05) is 23.7 Å². The minimum absolute atomic E-state index is 0.0205. The van der Waals surface area contributed by atoms with Gasteiger partial charge in [-0.2, -0.15) is 0 Å². The van der Waals surface area contributed by atoms with Crippen molar-refractivity contribution < 1.29 is 17.9 Å². The molecule has 0 atom stereocenters. The van der Waals surface area contributed by atoms with E-state index in [9.17, 15) is 18.0 Å². The Morgan fingerprint density at radius 2 is 1.86 bits per heavy atom. The standard InChI is InChI=1S/C13H10ClNO5S/c1-20-13(17)9-6-7-12(16)15(8-9)21(18,19)11-5-3-2-4-10(11)14/h2-8H,1H3. The summed E-state index contributed by atoms with van der Waals surface area (Å²) < 4.78 is 29.9. The highest BCUT2D eigenvalue weighted by Crippen LogP contribution is 2.22. The van der Waals surface area contributed by atoms with E-state index in [4.69, 9.17) is 11.6 Å². The fourth-order valence-electron chi connectivity index (χ4n) is 1.65. The van der Waals surface area contributed by atoms with Crippen LogP contribution < -0.4 is 5.56 Å². The first-order valence-corrected chi connectivity index (χ1v) is 7.51. The lowest BCUT2D eigenvalue weighted by atomic mass is 10.3. The number of benzene rings is 1. The third-order valence-electron chi connectivity index (χ3n) is 2.67. The predicted octanol–water partition coefficient (Wildman–Crippen LogP) is 1.53. The molecule has 6 nitrogen and oxygen atoms in total. The summed E-state index contributed by atoms with van der Waals surface area (Å²) in [5.41, 5.74) is -0.865. The molecule has 1 heterocycles. The van der Waals surface area contributed by atoms with Crippen LogP contribution >= 0.6 is 11.6 Å². The zero-order valence-corrected chi connectivity index (χ0v) is 12.4. The summed E-state index contributed by atoms with van der Waals surface area (Å²) in [5.74, 6) is -0.752. The first-order chi connectivity index (χ1) is 9.87. The zero-order valence-electron chi connectivity index (χ0n) is 10.8. The molecule has 2 rings (SSSR count). The fraction of sp³-hybridized carbons (Fsp3) is 0.0769. The molecule has 0 N–H and O–H groups in total. The van der Waals surface area contributed by atoms with Crippen molar-refractivity contribution >= 4 is 27.6 Å². The Morgan fingerprint density at radius 3 is 2.48 bits per heavy atom. The van der Waals surface area contributed by atoms with Crippen LogP contribution in [0.4, 0.5) is 0 Å². The van der Waals surface area contributed by atoms with E-state index in [1.54, 1.807) is 6.07 Å². The molecule has 1 aromatic heterocycles. The quantitative estimate of drug-likeness (QED) is 0.798. The van der Waals surface area contributed by atoms with Gasteiger partial charge < -0.3 is 4.74 Å². The van der Waals surface area contributed by atoms with Crippen molar-refractivity contribution in [3.63, 3.8) is 0 Å². The van der Waals surface area contributed by atoms with Crippen LogP contribution in [-0.4, -0.2) is 25.5 Å². The average molecular weight is 328 g/mol. The molecule has 0 bridgehead atoms. The molecule has 0 unspecified atom stereocenters. The number of nitrogens with zero attached hydrogens (tertiary/aromatic N) is 1. The Balaban J connectivity index is 2.69. The number of esters is 1. The van der Waals surface area contributed by atoms with Crippen molar-refractivity contribution in [3.05, 3.63) is 63.5 Å². The van der Waals surface area contributed by atoms with Crippen LogP contribution in [0.2, 0.25) is 5.02 Å². The molecule has 2 aromatic rings. The lowest BCUT2D eigenvalue weighted by Gasteiger charge is -2.09. The van der Waals surface area contributed by atoms with Crippen LogP contribution in [0, 0.1) is 0 Å². The van der Waals surface area contributed by atoms with Crippen LogP contribution in [0.25, 0.3) is 0 Å². The van der Waals surface area contributed by atoms with E-state index >= 15 is 0 Å². The Bertz CT molecular complexity index is 857. The van der Waals surface area contributed by atoms with E-state index in [0.29, 0.717) is 3.97 Å². The van der Waals surface area contributed by atoms with Gasteiger partial charge in [0.15, 0.2) is 0 Å². The SMILES string of the molecule is COC(=O)c1ccc(=O)n(S(=O)(=O)c2ccccc2Cl)c1. The van der Waals surface area contributed by atoms with Gasteiger partial charge in [-0.15, -0.1) is 0 Å². The highest BCUT2D eigenvalue weighted by atomic mass is 35.5. The van der Waals surface area contributed by atoms with Gasteiger partial charge in [0.25, 0.3) is 15.6 Å². The molecule has 0 radical (unpaired) electrons. The van der Waals surface area contributed by atoms with Gasteiger partial charge in [-0.05, 0) is 18.2 Å². The number of carbonyl (C=O) groups is 1. The molecular formula is C13H10ClNO5S. The first kappa shape index (κ1) is 15.3. The van der Waals surface area contributed by atoms with Crippen molar-refractivity contribution in [2.45, 2.75) is 4.90 Å². The normalized spacial score (nSPS) is 11.1. The summed E-state index contributed by atoms with van der Waals surface area (Å²) in [6.45, 7) is 0. The van der Waals surface area contributed by atoms with Crippen LogP contribution in [-0.2, 0) is 14.8 Å². The van der Waals surface area contributed by atoms with Crippen molar-refractivity contribution in [2.24, 2.45) is 0 Å². The highest BCUT2D eigenvalue weighted by Gasteiger charge is 2.22. The Hall–Kier alpha value is -2.12. The first-order valence-electron chi connectivity index (χ1n) is 5.69. The lowest BCUT2D eigenvalue weighted by molar-refractivity contribution is 0.0600. The lowest BCUT2D eigenvalue weighted by Crippen LogP contribution is -2.27. The molecule has 21 heavy (non-hydrogen) atoms. The molecule has 0 fully saturated rings. The minimum atomic E-state index is -4.20. The Morgan fingerprint density at radius 1 is 1.19 bits per heavy atom. The van der Waals surface area contributed by atoms with Crippen molar-refractivity contribution in [3.8, 4) is 0 Å². The van der Waals surface area contributed by atoms with E-state index < -0.39 is 21.6 Å². The second-order valence-electron chi connectivity index (χ2n) is 3.98. The molecule has 0 saturated heterocycles. The summed E-state index contributed by atoms with van der Waals surface area (Å²) in [4.78, 5) is 23.0. The van der Waals surface area contributed by atoms with Crippen LogP contribution in [0.15, 0.2) is 52.3 Å². The Kier molecular flexibility index (Phi) is 4.15. The van der Waals surface area contributed by atoms with Gasteiger partial charge in [0.2, 0.25) is 0 Å². The monoisotopic (exact) mass is 327 g/mol. The maximum absolute atomic E-state index is 12.5. The molecule has 0 aliphatic rings. The second kappa shape index (κ2) is 5.71. The summed E-state index contributed by atoms with van der Waals surface area (Å²) in [5, 5.41) is -0.0205. The molecule has 0 aliphatic heterocycles. The number of aromatic nitrogens is 1. The summed E-state index contributed by atoms with van der Waals surface area (Å²) in [7, 11) is -3.05. The number of pyridine rings is 1. The van der Waals surface area contributed by atoms with Crippen LogP contribution in [0.1, 0.15) is 10.4 Å². The smallest absolute Gasteiger partial charge is 0.339 e. The van der Waals surface area contributed by atoms with E-state index in [1.165, 1.54) is 24.3 Å². The van der Waals surface area contributed by atoms with E-state index in [1.807, 2.05) is 0 Å². The maximum Gasteiger partial charge on any atom is 0.339 e. The van der Waals surface area contributed by atoms with Gasteiger partial charge in [-0.3, -0.25) is 4.79 Å². The largest absolute Gasteiger partial charge is 0.465 e. The third kappa shape index (κ3) is 2.84. The second-order valence-corrected chi connectivity index (χ2v) is 6.17. The molecule has 0 aliphatic carbocycles. The van der Waals surface area contributed by atoms with E-state index in [0.717, 1.165) is 19.4 Å². The molecule has 8 heteroatoms. The van der Waals surface area contributed by atoms with Gasteiger partial charge in [-0.25, -0.2) is 17.2 Å². The van der Waals surface area contributed by atoms with Crippen molar-refractivity contribution in [2.75, 3.05) is 7.11 Å². The third-order valence-corrected chi connectivity index (χ3v) is 4.83. The summed E-state index contributed by atoms with van der Waals surface area (Å²) in [6, 6.07) is 7.87. The summed E-state index contributed by atoms with van der Waals surface area (Å²) in [6.07, 6.45) is 0.910. The Labute approximate surface area is 125 Å². The van der Waals surface area contributed by atoms with E-state index in [-0.39, 0.29) is 15.5 Å². The van der Waals surface area contributed by atoms with Crippen LogP contribution in [0.5, 0.6) is 0 Å². The number of halogens is 1. The van der Waals surface area contributed by atoms with Crippen LogP contribution in [0.3, 0.4) is 0 Å². The van der Waals surface area contributed by atoms with Gasteiger partial charge >= 0.3 is 5.97 Å². The molecule has 110 valence electrons. The van der Waals surface area contributed by atoms with Crippen molar-refractivity contribution in [1.29, 1.82) is 0 Å². The molecule has 0 saturated carbocycles. The van der Waals surface area contributed by atoms with Gasteiger partial charge in [0, 0.05) is 12.3 Å². The topological polar surface area (TPSA) is 82.4 Å². The predicted molar refractivity (Wildman–Crippen MR) is 76.1 cm³/mol. The van der Waals surface area contributed by atoms with Crippen molar-refractivity contribution in [1.82, 2.24) is 3.97 Å². The number of hydrogen-bond acceptors (Lipinski definition) is 5. The van der Waals surface area contributed by atoms with Gasteiger partial charge in [0.1, 0.15) is 4.90 Å². The number of ether oxygens (including phenoxy) is 1. The average Bonchev–Trinajstić information content (AvgIpc) is 2.47. The number of carbonyl (C=O) groups excluding carboxylic acids is 1. The van der Waals surface area contributed by atoms with Gasteiger partial charge in [0.05, 0.1) is 17.7 Å². The molecular weight excluding hydrogens is 318 g/mol. The minimum Gasteiger partial charge on any atom is -0.465 e. The maximum atomic E-state index is 12.5. The number of methoxy groups -OCH3 is 1. The number of hydrogen-bond donors (Lipinski definition) is 0.